The number of hydrogen-bond acceptors (Lipinski definition) is 1. The van der Waals surface area contributed by atoms with Crippen LogP contribution in [0.2, 0.25) is 0 Å². The Morgan fingerprint density at radius 2 is 2.09 bits per heavy atom. The number of likely N-dealkylation sites (tertiary alicyclic amines) is 1. The Balaban J connectivity index is 2.24. The molecule has 1 nitrogen and oxygen atoms in total. The third kappa shape index (κ3) is 2.31. The zero-order valence-electron chi connectivity index (χ0n) is 6.97. The second kappa shape index (κ2) is 4.08. The molecule has 1 aliphatic rings. The molecule has 60 valence electrons. The lowest BCUT2D eigenvalue weighted by Crippen LogP contribution is -2.17. The Bertz CT molecular complexity index is 170. The van der Waals surface area contributed by atoms with Crippen molar-refractivity contribution in [2.45, 2.75) is 25.7 Å². The average molecular weight is 149 g/mol. The SMILES string of the molecule is C#CCCC(=C)N1CCCC1. The summed E-state index contributed by atoms with van der Waals surface area (Å²) in [5.74, 6) is 2.63. The molecule has 0 aromatic carbocycles. The Hall–Kier alpha value is -0.900. The van der Waals surface area contributed by atoms with Crippen LogP contribution in [0.3, 0.4) is 0 Å². The van der Waals surface area contributed by atoms with Crippen molar-refractivity contribution in [2.24, 2.45) is 0 Å². The van der Waals surface area contributed by atoms with E-state index in [1.807, 2.05) is 0 Å². The van der Waals surface area contributed by atoms with E-state index in [0.29, 0.717) is 0 Å². The van der Waals surface area contributed by atoms with E-state index in [4.69, 9.17) is 6.42 Å². The molecule has 1 aliphatic heterocycles. The van der Waals surface area contributed by atoms with Crippen molar-refractivity contribution in [3.8, 4) is 12.3 Å². The Labute approximate surface area is 69.1 Å². The predicted octanol–water partition coefficient (Wildman–Crippen LogP) is 2.01. The van der Waals surface area contributed by atoms with Crippen LogP contribution >= 0.6 is 0 Å². The molecule has 0 spiro atoms. The fourth-order valence-electron chi connectivity index (χ4n) is 1.41. The van der Waals surface area contributed by atoms with Gasteiger partial charge in [0.15, 0.2) is 0 Å². The average Bonchev–Trinajstić information content (AvgIpc) is 2.52. The van der Waals surface area contributed by atoms with Gasteiger partial charge in [-0.2, -0.15) is 0 Å². The second-order valence-corrected chi connectivity index (χ2v) is 2.96. The standard InChI is InChI=1S/C10H15N/c1-3-4-7-10(2)11-8-5-6-9-11/h1H,2,4-9H2. The van der Waals surface area contributed by atoms with E-state index in [-0.39, 0.29) is 0 Å². The molecule has 0 atom stereocenters. The van der Waals surface area contributed by atoms with Gasteiger partial charge in [0.25, 0.3) is 0 Å². The summed E-state index contributed by atoms with van der Waals surface area (Å²) in [6, 6.07) is 0. The van der Waals surface area contributed by atoms with Gasteiger partial charge in [-0.25, -0.2) is 0 Å². The molecule has 0 saturated carbocycles. The van der Waals surface area contributed by atoms with Crippen molar-refractivity contribution in [3.05, 3.63) is 12.3 Å². The van der Waals surface area contributed by atoms with Crippen LogP contribution in [-0.2, 0) is 0 Å². The van der Waals surface area contributed by atoms with Gasteiger partial charge in [-0.1, -0.05) is 6.58 Å². The summed E-state index contributed by atoms with van der Waals surface area (Å²) in [5, 5.41) is 0. The van der Waals surface area contributed by atoms with Gasteiger partial charge in [0.2, 0.25) is 0 Å². The van der Waals surface area contributed by atoms with Gasteiger partial charge in [0.1, 0.15) is 0 Å². The molecule has 1 rings (SSSR count). The minimum absolute atomic E-state index is 0.829. The minimum Gasteiger partial charge on any atom is -0.375 e. The predicted molar refractivity (Wildman–Crippen MR) is 48.0 cm³/mol. The summed E-state index contributed by atoms with van der Waals surface area (Å²) < 4.78 is 0. The van der Waals surface area contributed by atoms with Crippen molar-refractivity contribution in [1.29, 1.82) is 0 Å². The summed E-state index contributed by atoms with van der Waals surface area (Å²) in [4.78, 5) is 2.34. The van der Waals surface area contributed by atoms with Crippen LogP contribution in [0.5, 0.6) is 0 Å². The summed E-state index contributed by atoms with van der Waals surface area (Å²) >= 11 is 0. The Morgan fingerprint density at radius 3 is 2.64 bits per heavy atom. The first-order valence-electron chi connectivity index (χ1n) is 4.21. The summed E-state index contributed by atoms with van der Waals surface area (Å²) in [6.07, 6.45) is 9.59. The molecule has 1 fully saturated rings. The number of rotatable bonds is 3. The van der Waals surface area contributed by atoms with E-state index >= 15 is 0 Å². The number of hydrogen-bond donors (Lipinski definition) is 0. The zero-order valence-corrected chi connectivity index (χ0v) is 6.97. The highest BCUT2D eigenvalue weighted by Gasteiger charge is 2.11. The van der Waals surface area contributed by atoms with Gasteiger partial charge < -0.3 is 4.90 Å². The maximum atomic E-state index is 5.17. The summed E-state index contributed by atoms with van der Waals surface area (Å²) in [6.45, 7) is 6.37. The molecule has 1 heteroatoms. The lowest BCUT2D eigenvalue weighted by atomic mass is 10.2. The monoisotopic (exact) mass is 149 g/mol. The molecule has 1 saturated heterocycles. The topological polar surface area (TPSA) is 3.24 Å². The third-order valence-electron chi connectivity index (χ3n) is 2.11. The van der Waals surface area contributed by atoms with E-state index in [1.165, 1.54) is 31.6 Å². The highest BCUT2D eigenvalue weighted by atomic mass is 15.1. The van der Waals surface area contributed by atoms with E-state index < -0.39 is 0 Å². The van der Waals surface area contributed by atoms with Gasteiger partial charge in [0, 0.05) is 25.2 Å². The minimum atomic E-state index is 0.829. The molecule has 0 bridgehead atoms. The molecule has 0 aromatic heterocycles. The number of terminal acetylenes is 1. The lowest BCUT2D eigenvalue weighted by Gasteiger charge is -2.19. The molecular formula is C10H15N. The molecule has 1 heterocycles. The second-order valence-electron chi connectivity index (χ2n) is 2.96. The van der Waals surface area contributed by atoms with Crippen molar-refractivity contribution in [1.82, 2.24) is 4.90 Å². The van der Waals surface area contributed by atoms with E-state index in [1.54, 1.807) is 0 Å². The number of allylic oxidation sites excluding steroid dienone is 1. The van der Waals surface area contributed by atoms with Gasteiger partial charge in [-0.3, -0.25) is 0 Å². The van der Waals surface area contributed by atoms with Crippen LogP contribution in [0, 0.1) is 12.3 Å². The molecule has 0 aromatic rings. The molecular weight excluding hydrogens is 134 g/mol. The summed E-state index contributed by atoms with van der Waals surface area (Å²) in [5.41, 5.74) is 1.22. The van der Waals surface area contributed by atoms with Crippen molar-refractivity contribution in [3.63, 3.8) is 0 Å². The highest BCUT2D eigenvalue weighted by Crippen LogP contribution is 2.16. The first-order valence-corrected chi connectivity index (χ1v) is 4.21. The van der Waals surface area contributed by atoms with E-state index in [2.05, 4.69) is 17.4 Å². The van der Waals surface area contributed by atoms with Crippen LogP contribution in [0.25, 0.3) is 0 Å². The van der Waals surface area contributed by atoms with Crippen LogP contribution in [0.4, 0.5) is 0 Å². The van der Waals surface area contributed by atoms with Crippen LogP contribution < -0.4 is 0 Å². The van der Waals surface area contributed by atoms with Crippen LogP contribution in [0.1, 0.15) is 25.7 Å². The molecule has 0 radical (unpaired) electrons. The Morgan fingerprint density at radius 1 is 1.45 bits per heavy atom. The maximum Gasteiger partial charge on any atom is 0.0175 e. The fourth-order valence-corrected chi connectivity index (χ4v) is 1.41. The molecule has 0 amide bonds. The lowest BCUT2D eigenvalue weighted by molar-refractivity contribution is 0.412. The third-order valence-corrected chi connectivity index (χ3v) is 2.11. The van der Waals surface area contributed by atoms with Gasteiger partial charge in [0.05, 0.1) is 0 Å². The number of nitrogens with zero attached hydrogens (tertiary/aromatic N) is 1. The van der Waals surface area contributed by atoms with Gasteiger partial charge in [-0.05, 0) is 19.3 Å². The first kappa shape index (κ1) is 8.20. The quantitative estimate of drug-likeness (QED) is 0.555. The normalized spacial score (nSPS) is 16.5. The maximum absolute atomic E-state index is 5.17. The highest BCUT2D eigenvalue weighted by molar-refractivity contribution is 4.99. The van der Waals surface area contributed by atoms with Crippen LogP contribution in [-0.4, -0.2) is 18.0 Å². The van der Waals surface area contributed by atoms with Crippen molar-refractivity contribution >= 4 is 0 Å². The smallest absolute Gasteiger partial charge is 0.0175 e. The van der Waals surface area contributed by atoms with Gasteiger partial charge in [-0.15, -0.1) is 12.3 Å². The molecule has 0 unspecified atom stereocenters. The van der Waals surface area contributed by atoms with Crippen LogP contribution in [0.15, 0.2) is 12.3 Å². The fraction of sp³-hybridized carbons (Fsp3) is 0.600. The zero-order chi connectivity index (χ0) is 8.10. The van der Waals surface area contributed by atoms with Gasteiger partial charge >= 0.3 is 0 Å². The van der Waals surface area contributed by atoms with Crippen molar-refractivity contribution in [2.75, 3.05) is 13.1 Å². The van der Waals surface area contributed by atoms with E-state index in [0.717, 1.165) is 12.8 Å². The molecule has 11 heavy (non-hydrogen) atoms. The Kier molecular flexibility index (Phi) is 3.04. The summed E-state index contributed by atoms with van der Waals surface area (Å²) in [7, 11) is 0. The largest absolute Gasteiger partial charge is 0.375 e. The van der Waals surface area contributed by atoms with Crippen molar-refractivity contribution < 1.29 is 0 Å². The molecule has 0 aliphatic carbocycles. The first-order chi connectivity index (χ1) is 5.34. The van der Waals surface area contributed by atoms with E-state index in [9.17, 15) is 0 Å². The molecule has 0 N–H and O–H groups in total.